The summed E-state index contributed by atoms with van der Waals surface area (Å²) in [5.74, 6) is -1.08. The Bertz CT molecular complexity index is 426. The van der Waals surface area contributed by atoms with Crippen molar-refractivity contribution in [2.75, 3.05) is 6.61 Å². The highest BCUT2D eigenvalue weighted by Gasteiger charge is 2.40. The second-order valence-electron chi connectivity index (χ2n) is 3.66. The first-order valence-electron chi connectivity index (χ1n) is 5.25. The molecule has 0 radical (unpaired) electrons. The maximum absolute atomic E-state index is 12.8. The van der Waals surface area contributed by atoms with Crippen LogP contribution in [0.25, 0.3) is 0 Å². The summed E-state index contributed by atoms with van der Waals surface area (Å²) >= 11 is 0. The van der Waals surface area contributed by atoms with E-state index < -0.39 is 29.5 Å². The van der Waals surface area contributed by atoms with Gasteiger partial charge in [-0.05, 0) is 13.8 Å². The molecule has 0 unspecified atom stereocenters. The normalized spacial score (nSPS) is 13.4. The van der Waals surface area contributed by atoms with E-state index in [9.17, 15) is 18.0 Å². The lowest BCUT2D eigenvalue weighted by molar-refractivity contribution is -0.145. The quantitative estimate of drug-likeness (QED) is 0.838. The van der Waals surface area contributed by atoms with Gasteiger partial charge in [0.15, 0.2) is 5.69 Å². The number of alkyl halides is 3. The number of esters is 1. The van der Waals surface area contributed by atoms with Crippen LogP contribution in [0.15, 0.2) is 6.20 Å². The fourth-order valence-electron chi connectivity index (χ4n) is 1.43. The number of aromatic nitrogens is 2. The van der Waals surface area contributed by atoms with E-state index in [-0.39, 0.29) is 13.2 Å². The molecule has 0 bridgehead atoms. The summed E-state index contributed by atoms with van der Waals surface area (Å²) in [7, 11) is 0. The van der Waals surface area contributed by atoms with E-state index in [0.717, 1.165) is 6.20 Å². The largest absolute Gasteiger partial charge is 0.462 e. The van der Waals surface area contributed by atoms with Crippen LogP contribution in [-0.4, -0.2) is 33.6 Å². The number of rotatable bonds is 4. The van der Waals surface area contributed by atoms with Gasteiger partial charge in [0, 0.05) is 0 Å². The third-order valence-electron chi connectivity index (χ3n) is 2.04. The van der Waals surface area contributed by atoms with Crippen LogP contribution in [0.5, 0.6) is 0 Å². The zero-order chi connectivity index (χ0) is 13.9. The Hall–Kier alpha value is -1.57. The molecule has 1 N–H and O–H groups in total. The number of carbonyl (C=O) groups is 1. The number of hydrogen-bond donors (Lipinski definition) is 1. The predicted octanol–water partition coefficient (Wildman–Crippen LogP) is 1.46. The molecule has 18 heavy (non-hydrogen) atoms. The number of halogens is 3. The van der Waals surface area contributed by atoms with Crippen LogP contribution in [0.1, 0.15) is 29.9 Å². The number of aliphatic hydroxyl groups excluding tert-OH is 1. The molecule has 0 fully saturated rings. The lowest BCUT2D eigenvalue weighted by atomic mass is 10.2. The number of nitrogens with zero attached hydrogens (tertiary/aromatic N) is 2. The van der Waals surface area contributed by atoms with Crippen LogP contribution in [0.4, 0.5) is 13.2 Å². The van der Waals surface area contributed by atoms with Gasteiger partial charge in [0.1, 0.15) is 5.56 Å². The summed E-state index contributed by atoms with van der Waals surface area (Å²) in [5, 5.41) is 12.6. The standard InChI is InChI=1S/C10H13F3N2O3/c1-3-18-9(17)7-4-14-15(5-6(2)16)8(7)10(11,12)13/h4,6,16H,3,5H2,1-2H3/t6-/m1/s1. The van der Waals surface area contributed by atoms with Crippen LogP contribution < -0.4 is 0 Å². The Morgan fingerprint density at radius 2 is 2.22 bits per heavy atom. The molecule has 0 aliphatic rings. The molecule has 0 saturated carbocycles. The summed E-state index contributed by atoms with van der Waals surface area (Å²) < 4.78 is 43.6. The molecule has 0 aliphatic heterocycles. The van der Waals surface area contributed by atoms with Gasteiger partial charge in [0.2, 0.25) is 0 Å². The first-order chi connectivity index (χ1) is 8.27. The van der Waals surface area contributed by atoms with Crippen molar-refractivity contribution in [2.24, 2.45) is 0 Å². The van der Waals surface area contributed by atoms with Crippen molar-refractivity contribution in [1.29, 1.82) is 0 Å². The summed E-state index contributed by atoms with van der Waals surface area (Å²) in [6.07, 6.45) is -4.96. The molecule has 0 aliphatic carbocycles. The molecular formula is C10H13F3N2O3. The van der Waals surface area contributed by atoms with E-state index >= 15 is 0 Å². The molecule has 5 nitrogen and oxygen atoms in total. The van der Waals surface area contributed by atoms with Gasteiger partial charge in [-0.1, -0.05) is 0 Å². The summed E-state index contributed by atoms with van der Waals surface area (Å²) in [6, 6.07) is 0. The molecular weight excluding hydrogens is 253 g/mol. The van der Waals surface area contributed by atoms with Crippen molar-refractivity contribution in [3.63, 3.8) is 0 Å². The Balaban J connectivity index is 3.20. The third kappa shape index (κ3) is 3.22. The minimum absolute atomic E-state index is 0.0300. The van der Waals surface area contributed by atoms with Crippen molar-refractivity contribution in [2.45, 2.75) is 32.7 Å². The minimum Gasteiger partial charge on any atom is -0.462 e. The number of carbonyl (C=O) groups excluding carboxylic acids is 1. The first-order valence-corrected chi connectivity index (χ1v) is 5.25. The molecule has 1 atom stereocenters. The zero-order valence-electron chi connectivity index (χ0n) is 9.86. The van der Waals surface area contributed by atoms with Gasteiger partial charge >= 0.3 is 12.1 Å². The second-order valence-corrected chi connectivity index (χ2v) is 3.66. The summed E-state index contributed by atoms with van der Waals surface area (Å²) in [6.45, 7) is 2.43. The fourth-order valence-corrected chi connectivity index (χ4v) is 1.43. The molecule has 0 aromatic carbocycles. The number of aliphatic hydroxyl groups is 1. The number of hydrogen-bond acceptors (Lipinski definition) is 4. The zero-order valence-corrected chi connectivity index (χ0v) is 9.86. The summed E-state index contributed by atoms with van der Waals surface area (Å²) in [4.78, 5) is 11.4. The van der Waals surface area contributed by atoms with E-state index in [1.54, 1.807) is 0 Å². The van der Waals surface area contributed by atoms with Gasteiger partial charge in [-0.25, -0.2) is 4.79 Å². The maximum atomic E-state index is 12.8. The molecule has 1 rings (SSSR count). The van der Waals surface area contributed by atoms with E-state index in [0.29, 0.717) is 4.68 Å². The minimum atomic E-state index is -4.74. The van der Waals surface area contributed by atoms with Crippen molar-refractivity contribution >= 4 is 5.97 Å². The van der Waals surface area contributed by atoms with Gasteiger partial charge in [-0.2, -0.15) is 18.3 Å². The second kappa shape index (κ2) is 5.38. The van der Waals surface area contributed by atoms with Crippen molar-refractivity contribution in [3.05, 3.63) is 17.5 Å². The van der Waals surface area contributed by atoms with Crippen LogP contribution in [-0.2, 0) is 17.5 Å². The lowest BCUT2D eigenvalue weighted by Gasteiger charge is -2.13. The van der Waals surface area contributed by atoms with E-state index in [1.165, 1.54) is 13.8 Å². The van der Waals surface area contributed by atoms with Crippen molar-refractivity contribution in [1.82, 2.24) is 9.78 Å². The van der Waals surface area contributed by atoms with E-state index in [2.05, 4.69) is 9.84 Å². The summed E-state index contributed by atoms with van der Waals surface area (Å²) in [5.41, 5.74) is -1.85. The van der Waals surface area contributed by atoms with Crippen molar-refractivity contribution in [3.8, 4) is 0 Å². The first kappa shape index (κ1) is 14.5. The highest BCUT2D eigenvalue weighted by Crippen LogP contribution is 2.32. The van der Waals surface area contributed by atoms with Gasteiger partial charge in [0.05, 0.1) is 25.5 Å². The monoisotopic (exact) mass is 266 g/mol. The highest BCUT2D eigenvalue weighted by molar-refractivity contribution is 5.90. The van der Waals surface area contributed by atoms with Gasteiger partial charge in [-0.3, -0.25) is 4.68 Å². The maximum Gasteiger partial charge on any atom is 0.433 e. The predicted molar refractivity (Wildman–Crippen MR) is 54.9 cm³/mol. The van der Waals surface area contributed by atoms with Crippen molar-refractivity contribution < 1.29 is 27.8 Å². The molecule has 0 spiro atoms. The third-order valence-corrected chi connectivity index (χ3v) is 2.04. The van der Waals surface area contributed by atoms with Crippen LogP contribution in [0.2, 0.25) is 0 Å². The van der Waals surface area contributed by atoms with E-state index in [1.807, 2.05) is 0 Å². The highest BCUT2D eigenvalue weighted by atomic mass is 19.4. The van der Waals surface area contributed by atoms with Crippen LogP contribution in [0.3, 0.4) is 0 Å². The van der Waals surface area contributed by atoms with Gasteiger partial charge < -0.3 is 9.84 Å². The van der Waals surface area contributed by atoms with E-state index in [4.69, 9.17) is 5.11 Å². The SMILES string of the molecule is CCOC(=O)c1cnn(C[C@@H](C)O)c1C(F)(F)F. The Morgan fingerprint density at radius 1 is 1.61 bits per heavy atom. The molecule has 1 heterocycles. The smallest absolute Gasteiger partial charge is 0.433 e. The molecule has 0 amide bonds. The Morgan fingerprint density at radius 3 is 2.67 bits per heavy atom. The van der Waals surface area contributed by atoms with Gasteiger partial charge in [-0.15, -0.1) is 0 Å². The molecule has 0 saturated heterocycles. The van der Waals surface area contributed by atoms with Gasteiger partial charge in [0.25, 0.3) is 0 Å². The van der Waals surface area contributed by atoms with Crippen LogP contribution >= 0.6 is 0 Å². The number of ether oxygens (including phenoxy) is 1. The molecule has 1 aromatic rings. The lowest BCUT2D eigenvalue weighted by Crippen LogP contribution is -2.22. The average Bonchev–Trinajstić information content (AvgIpc) is 2.60. The molecule has 8 heteroatoms. The Labute approximate surface area is 101 Å². The molecule has 1 aromatic heterocycles. The average molecular weight is 266 g/mol. The topological polar surface area (TPSA) is 64.3 Å². The van der Waals surface area contributed by atoms with Crippen LogP contribution in [0, 0.1) is 0 Å². The molecule has 102 valence electrons. The Kier molecular flexibility index (Phi) is 4.33. The fraction of sp³-hybridized carbons (Fsp3) is 0.600.